The molecule has 1 fully saturated rings. The second kappa shape index (κ2) is 9.54. The number of hydrogen-bond acceptors (Lipinski definition) is 4. The third-order valence-corrected chi connectivity index (χ3v) is 4.81. The highest BCUT2D eigenvalue weighted by molar-refractivity contribution is 6.05. The third kappa shape index (κ3) is 5.79. The Labute approximate surface area is 171 Å². The van der Waals surface area contributed by atoms with E-state index in [0.29, 0.717) is 29.2 Å². The molecule has 3 rings (SSSR count). The van der Waals surface area contributed by atoms with Gasteiger partial charge in [-0.15, -0.1) is 0 Å². The molecule has 1 aliphatic rings. The maximum absolute atomic E-state index is 12.5. The van der Waals surface area contributed by atoms with E-state index in [-0.39, 0.29) is 24.0 Å². The lowest BCUT2D eigenvalue weighted by Gasteiger charge is -2.31. The molecule has 1 aliphatic heterocycles. The van der Waals surface area contributed by atoms with Gasteiger partial charge in [-0.1, -0.05) is 12.1 Å². The number of hydrogen-bond donors (Lipinski definition) is 3. The largest absolute Gasteiger partial charge is 0.495 e. The summed E-state index contributed by atoms with van der Waals surface area (Å²) >= 11 is 0. The quantitative estimate of drug-likeness (QED) is 0.690. The van der Waals surface area contributed by atoms with Gasteiger partial charge in [-0.25, -0.2) is 0 Å². The van der Waals surface area contributed by atoms with E-state index < -0.39 is 0 Å². The Bertz CT molecular complexity index is 843. The maximum atomic E-state index is 12.5. The summed E-state index contributed by atoms with van der Waals surface area (Å²) in [6.07, 6.45) is 0.310. The summed E-state index contributed by atoms with van der Waals surface area (Å²) in [5.41, 5.74) is 1.77. The molecule has 0 aromatic heterocycles. The highest BCUT2D eigenvalue weighted by Gasteiger charge is 2.27. The van der Waals surface area contributed by atoms with Crippen molar-refractivity contribution in [2.24, 2.45) is 0 Å². The molecule has 2 amide bonds. The average Bonchev–Trinajstić information content (AvgIpc) is 2.68. The van der Waals surface area contributed by atoms with Crippen LogP contribution in [-0.2, 0) is 9.53 Å². The van der Waals surface area contributed by atoms with Gasteiger partial charge in [0.25, 0.3) is 11.8 Å². The van der Waals surface area contributed by atoms with E-state index in [0.717, 1.165) is 13.1 Å². The number of amides is 2. The first kappa shape index (κ1) is 20.8. The molecule has 7 nitrogen and oxygen atoms in total. The number of methoxy groups -OCH3 is 1. The summed E-state index contributed by atoms with van der Waals surface area (Å²) in [4.78, 5) is 26.0. The predicted molar refractivity (Wildman–Crippen MR) is 112 cm³/mol. The molecule has 0 saturated carbocycles. The summed E-state index contributed by atoms with van der Waals surface area (Å²) in [5.74, 6) is 0.305. The molecule has 3 N–H and O–H groups in total. The number of ether oxygens (including phenoxy) is 2. The standard InChI is InChI=1S/C22H27N3O4/c1-15-12-25(13-16(2)29-15)14-21(26)23-18-10-8-17(9-11-18)22(27)24-19-6-4-5-7-20(19)28-3/h4-11,15-16H,12-14H2,1-3H3,(H,23,26)(H,24,27)/p+1/t15-,16+. The second-order valence-corrected chi connectivity index (χ2v) is 7.37. The first-order valence-corrected chi connectivity index (χ1v) is 9.78. The molecule has 3 atom stereocenters. The number of para-hydroxylation sites is 2. The Hall–Kier alpha value is -2.90. The molecule has 1 saturated heterocycles. The SMILES string of the molecule is COc1ccccc1NC(=O)c1ccc(NC(=O)C[NH+]2C[C@@H](C)O[C@@H](C)C2)cc1. The van der Waals surface area contributed by atoms with Crippen molar-refractivity contribution in [2.75, 3.05) is 37.4 Å². The van der Waals surface area contributed by atoms with Crippen LogP contribution in [0.25, 0.3) is 0 Å². The highest BCUT2D eigenvalue weighted by Crippen LogP contribution is 2.23. The zero-order valence-electron chi connectivity index (χ0n) is 17.0. The fourth-order valence-corrected chi connectivity index (χ4v) is 3.61. The Morgan fingerprint density at radius 2 is 1.69 bits per heavy atom. The fraction of sp³-hybridized carbons (Fsp3) is 0.364. The summed E-state index contributed by atoms with van der Waals surface area (Å²) < 4.78 is 11.0. The Balaban J connectivity index is 1.55. The molecule has 0 bridgehead atoms. The maximum Gasteiger partial charge on any atom is 0.279 e. The van der Waals surface area contributed by atoms with E-state index in [4.69, 9.17) is 9.47 Å². The van der Waals surface area contributed by atoms with E-state index in [1.165, 1.54) is 4.90 Å². The smallest absolute Gasteiger partial charge is 0.279 e. The second-order valence-electron chi connectivity index (χ2n) is 7.37. The van der Waals surface area contributed by atoms with Crippen molar-refractivity contribution in [1.82, 2.24) is 0 Å². The fourth-order valence-electron chi connectivity index (χ4n) is 3.61. The van der Waals surface area contributed by atoms with Crippen molar-refractivity contribution >= 4 is 23.2 Å². The van der Waals surface area contributed by atoms with Gasteiger partial charge in [0.2, 0.25) is 0 Å². The molecule has 7 heteroatoms. The van der Waals surface area contributed by atoms with E-state index in [1.54, 1.807) is 43.5 Å². The van der Waals surface area contributed by atoms with Gasteiger partial charge in [0.15, 0.2) is 6.54 Å². The van der Waals surface area contributed by atoms with Gasteiger partial charge in [-0.3, -0.25) is 9.59 Å². The number of carbonyl (C=O) groups excluding carboxylic acids is 2. The first-order valence-electron chi connectivity index (χ1n) is 9.78. The molecule has 0 spiro atoms. The van der Waals surface area contributed by atoms with Crippen molar-refractivity contribution in [3.05, 3.63) is 54.1 Å². The summed E-state index contributed by atoms with van der Waals surface area (Å²) in [7, 11) is 1.56. The lowest BCUT2D eigenvalue weighted by Crippen LogP contribution is -3.16. The van der Waals surface area contributed by atoms with Gasteiger partial charge in [0, 0.05) is 11.3 Å². The van der Waals surface area contributed by atoms with Crippen LogP contribution in [-0.4, -0.2) is 50.8 Å². The first-order chi connectivity index (χ1) is 13.9. The van der Waals surface area contributed by atoms with Gasteiger partial charge in [-0.05, 0) is 50.2 Å². The van der Waals surface area contributed by atoms with Crippen LogP contribution in [0.2, 0.25) is 0 Å². The number of quaternary nitrogens is 1. The van der Waals surface area contributed by atoms with Gasteiger partial charge < -0.3 is 25.0 Å². The van der Waals surface area contributed by atoms with E-state index in [9.17, 15) is 9.59 Å². The highest BCUT2D eigenvalue weighted by atomic mass is 16.5. The Morgan fingerprint density at radius 1 is 1.03 bits per heavy atom. The lowest BCUT2D eigenvalue weighted by atomic mass is 10.2. The number of carbonyl (C=O) groups is 2. The average molecular weight is 398 g/mol. The van der Waals surface area contributed by atoms with Crippen molar-refractivity contribution in [1.29, 1.82) is 0 Å². The van der Waals surface area contributed by atoms with Gasteiger partial charge in [0.05, 0.1) is 12.8 Å². The van der Waals surface area contributed by atoms with Gasteiger partial charge in [0.1, 0.15) is 31.0 Å². The molecule has 1 heterocycles. The Morgan fingerprint density at radius 3 is 2.34 bits per heavy atom. The van der Waals surface area contributed by atoms with Crippen molar-refractivity contribution in [3.63, 3.8) is 0 Å². The van der Waals surface area contributed by atoms with Crippen molar-refractivity contribution in [3.8, 4) is 5.75 Å². The van der Waals surface area contributed by atoms with Crippen LogP contribution in [0.3, 0.4) is 0 Å². The number of morpholine rings is 1. The Kier molecular flexibility index (Phi) is 6.85. The van der Waals surface area contributed by atoms with Crippen molar-refractivity contribution in [2.45, 2.75) is 26.1 Å². The topological polar surface area (TPSA) is 81.1 Å². The summed E-state index contributed by atoms with van der Waals surface area (Å²) in [5, 5.41) is 5.73. The molecule has 0 radical (unpaired) electrons. The van der Waals surface area contributed by atoms with Crippen LogP contribution < -0.4 is 20.3 Å². The minimum atomic E-state index is -0.242. The van der Waals surface area contributed by atoms with Crippen LogP contribution in [0.5, 0.6) is 5.75 Å². The van der Waals surface area contributed by atoms with Crippen LogP contribution >= 0.6 is 0 Å². The van der Waals surface area contributed by atoms with E-state index in [2.05, 4.69) is 10.6 Å². The van der Waals surface area contributed by atoms with E-state index >= 15 is 0 Å². The molecule has 1 unspecified atom stereocenters. The van der Waals surface area contributed by atoms with Gasteiger partial charge in [-0.2, -0.15) is 0 Å². The molecule has 0 aliphatic carbocycles. The summed E-state index contributed by atoms with van der Waals surface area (Å²) in [6.45, 7) is 6.10. The molecular formula is C22H28N3O4+. The minimum absolute atomic E-state index is 0.0486. The van der Waals surface area contributed by atoms with Gasteiger partial charge >= 0.3 is 0 Å². The summed E-state index contributed by atoms with van der Waals surface area (Å²) in [6, 6.07) is 14.1. The monoisotopic (exact) mass is 398 g/mol. The molecule has 2 aromatic carbocycles. The molecule has 29 heavy (non-hydrogen) atoms. The molecule has 2 aromatic rings. The number of rotatable bonds is 6. The van der Waals surface area contributed by atoms with Crippen LogP contribution in [0.4, 0.5) is 11.4 Å². The van der Waals surface area contributed by atoms with Crippen LogP contribution in [0, 0.1) is 0 Å². The normalized spacial score (nSPS) is 21.3. The zero-order valence-corrected chi connectivity index (χ0v) is 17.0. The third-order valence-electron chi connectivity index (χ3n) is 4.81. The number of anilines is 2. The number of nitrogens with one attached hydrogen (secondary N) is 3. The molecule has 154 valence electrons. The molecular weight excluding hydrogens is 370 g/mol. The van der Waals surface area contributed by atoms with Crippen LogP contribution in [0.15, 0.2) is 48.5 Å². The van der Waals surface area contributed by atoms with E-state index in [1.807, 2.05) is 26.0 Å². The zero-order chi connectivity index (χ0) is 20.8. The van der Waals surface area contributed by atoms with Crippen molar-refractivity contribution < 1.29 is 24.0 Å². The predicted octanol–water partition coefficient (Wildman–Crippen LogP) is 1.58. The lowest BCUT2D eigenvalue weighted by molar-refractivity contribution is -0.907. The minimum Gasteiger partial charge on any atom is -0.495 e. The number of benzene rings is 2. The van der Waals surface area contributed by atoms with Crippen LogP contribution in [0.1, 0.15) is 24.2 Å².